The van der Waals surface area contributed by atoms with Gasteiger partial charge in [0, 0.05) is 12.0 Å². The van der Waals surface area contributed by atoms with Crippen molar-refractivity contribution >= 4 is 8.07 Å². The Morgan fingerprint density at radius 3 is 2.40 bits per heavy atom. The standard InChI is InChI=1S/C17H30NSi.HI/c1-15-10-6-7-11-16(15)17-12-8-9-13-18(17,2)14-19(3,4)5;/h6-7,10-11,17H,8-9,12-14H2,1-5H3;1H/q+1;/p-1. The van der Waals surface area contributed by atoms with Gasteiger partial charge >= 0.3 is 0 Å². The molecule has 1 nitrogen and oxygen atoms in total. The maximum absolute atomic E-state index is 2.51. The first kappa shape index (κ1) is 18.2. The second-order valence-corrected chi connectivity index (χ2v) is 13.2. The fraction of sp³-hybridized carbons (Fsp3) is 0.647. The van der Waals surface area contributed by atoms with Gasteiger partial charge in [-0.05, 0) is 25.3 Å². The lowest BCUT2D eigenvalue weighted by atomic mass is 9.91. The van der Waals surface area contributed by atoms with Crippen LogP contribution in [0.1, 0.15) is 36.4 Å². The highest BCUT2D eigenvalue weighted by Crippen LogP contribution is 2.38. The minimum atomic E-state index is -1.04. The van der Waals surface area contributed by atoms with Gasteiger partial charge in [-0.1, -0.05) is 43.9 Å². The van der Waals surface area contributed by atoms with E-state index < -0.39 is 8.07 Å². The van der Waals surface area contributed by atoms with Crippen molar-refractivity contribution in [3.8, 4) is 0 Å². The van der Waals surface area contributed by atoms with Gasteiger partial charge in [-0.3, -0.25) is 0 Å². The Labute approximate surface area is 143 Å². The molecule has 1 aliphatic heterocycles. The van der Waals surface area contributed by atoms with Gasteiger partial charge in [0.25, 0.3) is 0 Å². The molecular weight excluding hydrogens is 373 g/mol. The molecule has 1 heterocycles. The second kappa shape index (κ2) is 6.92. The smallest absolute Gasteiger partial charge is 0.114 e. The van der Waals surface area contributed by atoms with Gasteiger partial charge in [-0.2, -0.15) is 0 Å². The summed E-state index contributed by atoms with van der Waals surface area (Å²) >= 11 is 0. The molecule has 0 N–H and O–H groups in total. The van der Waals surface area contributed by atoms with Crippen LogP contribution in [0.3, 0.4) is 0 Å². The van der Waals surface area contributed by atoms with E-state index in [0.717, 1.165) is 6.04 Å². The second-order valence-electron chi connectivity index (χ2n) is 7.79. The number of aryl methyl sites for hydroxylation is 1. The number of rotatable bonds is 3. The number of quaternary nitrogens is 1. The predicted octanol–water partition coefficient (Wildman–Crippen LogP) is 1.55. The first-order valence-electron chi connectivity index (χ1n) is 7.72. The topological polar surface area (TPSA) is 0 Å². The molecule has 1 fully saturated rings. The predicted molar refractivity (Wildman–Crippen MR) is 87.0 cm³/mol. The van der Waals surface area contributed by atoms with Gasteiger partial charge < -0.3 is 28.5 Å². The highest BCUT2D eigenvalue weighted by Gasteiger charge is 2.40. The van der Waals surface area contributed by atoms with Crippen LogP contribution in [0.15, 0.2) is 24.3 Å². The quantitative estimate of drug-likeness (QED) is 0.408. The van der Waals surface area contributed by atoms with E-state index in [4.69, 9.17) is 0 Å². The van der Waals surface area contributed by atoms with Crippen molar-refractivity contribution in [3.05, 3.63) is 35.4 Å². The summed E-state index contributed by atoms with van der Waals surface area (Å²) in [4.78, 5) is 0. The minimum Gasteiger partial charge on any atom is -1.00 e. The Kier molecular flexibility index (Phi) is 6.29. The van der Waals surface area contributed by atoms with Crippen LogP contribution in [0.4, 0.5) is 0 Å². The first-order valence-corrected chi connectivity index (χ1v) is 11.4. The first-order chi connectivity index (χ1) is 8.82. The van der Waals surface area contributed by atoms with E-state index in [1.54, 1.807) is 5.56 Å². The molecule has 20 heavy (non-hydrogen) atoms. The van der Waals surface area contributed by atoms with Crippen LogP contribution >= 0.6 is 0 Å². The zero-order chi connectivity index (χ0) is 14.1. The van der Waals surface area contributed by atoms with Crippen molar-refractivity contribution in [2.45, 2.75) is 51.9 Å². The van der Waals surface area contributed by atoms with E-state index in [1.165, 1.54) is 42.0 Å². The molecule has 3 heteroatoms. The third kappa shape index (κ3) is 4.31. The number of hydrogen-bond acceptors (Lipinski definition) is 0. The van der Waals surface area contributed by atoms with E-state index in [0.29, 0.717) is 0 Å². The lowest BCUT2D eigenvalue weighted by Gasteiger charge is -2.48. The van der Waals surface area contributed by atoms with Crippen LogP contribution < -0.4 is 24.0 Å². The van der Waals surface area contributed by atoms with E-state index in [2.05, 4.69) is 57.9 Å². The fourth-order valence-electron chi connectivity index (χ4n) is 4.00. The number of halogens is 1. The lowest BCUT2D eigenvalue weighted by molar-refractivity contribution is -0.935. The summed E-state index contributed by atoms with van der Waals surface area (Å²) < 4.78 is 1.28. The minimum absolute atomic E-state index is 0. The molecule has 0 radical (unpaired) electrons. The van der Waals surface area contributed by atoms with Crippen molar-refractivity contribution in [3.63, 3.8) is 0 Å². The number of benzene rings is 1. The number of nitrogens with zero attached hydrogens (tertiary/aromatic N) is 1. The number of likely N-dealkylation sites (tertiary alicyclic amines) is 1. The molecular formula is C17H30INSi. The van der Waals surface area contributed by atoms with Crippen LogP contribution in [0.5, 0.6) is 0 Å². The maximum Gasteiger partial charge on any atom is 0.114 e. The molecule has 114 valence electrons. The van der Waals surface area contributed by atoms with Crippen LogP contribution in [-0.4, -0.2) is 32.3 Å². The lowest BCUT2D eigenvalue weighted by Crippen LogP contribution is -3.00. The normalized spacial score (nSPS) is 26.9. The molecule has 0 spiro atoms. The highest BCUT2D eigenvalue weighted by molar-refractivity contribution is 6.76. The molecule has 0 bridgehead atoms. The molecule has 1 aromatic rings. The van der Waals surface area contributed by atoms with Crippen molar-refractivity contribution in [1.29, 1.82) is 0 Å². The third-order valence-corrected chi connectivity index (χ3v) is 6.20. The fourth-order valence-corrected chi connectivity index (χ4v) is 6.55. The Bertz CT molecular complexity index is 441. The molecule has 0 aliphatic carbocycles. The van der Waals surface area contributed by atoms with Gasteiger partial charge in [0.2, 0.25) is 0 Å². The van der Waals surface area contributed by atoms with E-state index in [-0.39, 0.29) is 24.0 Å². The summed E-state index contributed by atoms with van der Waals surface area (Å²) in [7, 11) is 1.47. The Morgan fingerprint density at radius 2 is 1.80 bits per heavy atom. The Morgan fingerprint density at radius 1 is 1.15 bits per heavy atom. The summed E-state index contributed by atoms with van der Waals surface area (Å²) in [6.45, 7) is 11.2. The van der Waals surface area contributed by atoms with Crippen LogP contribution in [0.2, 0.25) is 19.6 Å². The Hall–Kier alpha value is 0.127. The molecule has 2 unspecified atom stereocenters. The largest absolute Gasteiger partial charge is 1.00 e. The van der Waals surface area contributed by atoms with Crippen molar-refractivity contribution in [2.75, 3.05) is 19.8 Å². The Balaban J connectivity index is 0.00000200. The summed E-state index contributed by atoms with van der Waals surface area (Å²) in [5.41, 5.74) is 3.08. The molecule has 0 saturated carbocycles. The van der Waals surface area contributed by atoms with Crippen molar-refractivity contribution in [2.24, 2.45) is 0 Å². The summed E-state index contributed by atoms with van der Waals surface area (Å²) in [6, 6.07) is 9.76. The number of piperidine rings is 1. The molecule has 0 amide bonds. The van der Waals surface area contributed by atoms with Crippen molar-refractivity contribution in [1.82, 2.24) is 0 Å². The monoisotopic (exact) mass is 403 g/mol. The van der Waals surface area contributed by atoms with Crippen LogP contribution in [-0.2, 0) is 0 Å². The average molecular weight is 403 g/mol. The SMILES string of the molecule is Cc1ccccc1C1CCCC[N+]1(C)C[Si](C)(C)C.[I-]. The zero-order valence-corrected chi connectivity index (χ0v) is 16.9. The van der Waals surface area contributed by atoms with Crippen LogP contribution in [0.25, 0.3) is 0 Å². The third-order valence-electron chi connectivity index (χ3n) is 4.53. The summed E-state index contributed by atoms with van der Waals surface area (Å²) in [6.07, 6.45) is 5.58. The van der Waals surface area contributed by atoms with Crippen molar-refractivity contribution < 1.29 is 28.5 Å². The van der Waals surface area contributed by atoms with Gasteiger partial charge in [0.05, 0.1) is 19.8 Å². The van der Waals surface area contributed by atoms with E-state index in [1.807, 2.05) is 0 Å². The summed E-state index contributed by atoms with van der Waals surface area (Å²) in [5, 5.41) is 0. The molecule has 2 rings (SSSR count). The van der Waals surface area contributed by atoms with E-state index in [9.17, 15) is 0 Å². The molecule has 2 atom stereocenters. The highest BCUT2D eigenvalue weighted by atomic mass is 127. The van der Waals surface area contributed by atoms with Gasteiger partial charge in [-0.25, -0.2) is 0 Å². The molecule has 1 aliphatic rings. The molecule has 1 saturated heterocycles. The van der Waals surface area contributed by atoms with Gasteiger partial charge in [0.15, 0.2) is 0 Å². The van der Waals surface area contributed by atoms with E-state index >= 15 is 0 Å². The molecule has 1 aromatic carbocycles. The molecule has 0 aromatic heterocycles. The van der Waals surface area contributed by atoms with Gasteiger partial charge in [-0.15, -0.1) is 0 Å². The zero-order valence-electron chi connectivity index (χ0n) is 13.7. The van der Waals surface area contributed by atoms with Gasteiger partial charge in [0.1, 0.15) is 14.1 Å². The van der Waals surface area contributed by atoms with Crippen LogP contribution in [0, 0.1) is 6.92 Å². The number of hydrogen-bond donors (Lipinski definition) is 0. The average Bonchev–Trinajstić information content (AvgIpc) is 2.28. The summed E-state index contributed by atoms with van der Waals surface area (Å²) in [5.74, 6) is 0. The maximum atomic E-state index is 2.51.